The molecule has 1 fully saturated rings. The molecular weight excluding hydrogens is 444 g/mol. The van der Waals surface area contributed by atoms with E-state index >= 15 is 0 Å². The lowest BCUT2D eigenvalue weighted by atomic mass is 9.97. The third-order valence-corrected chi connectivity index (χ3v) is 5.83. The summed E-state index contributed by atoms with van der Waals surface area (Å²) in [6, 6.07) is 13.6. The minimum absolute atomic E-state index is 0.0387. The maximum Gasteiger partial charge on any atom is 0.258 e. The van der Waals surface area contributed by atoms with Crippen LogP contribution in [-0.4, -0.2) is 35.6 Å². The molecule has 0 aliphatic carbocycles. The number of hydrogen-bond donors (Lipinski definition) is 1. The van der Waals surface area contributed by atoms with Crippen molar-refractivity contribution in [1.29, 1.82) is 0 Å². The summed E-state index contributed by atoms with van der Waals surface area (Å²) in [5.74, 6) is 1.16. The number of ether oxygens (including phenoxy) is 1. The largest absolute Gasteiger partial charge is 0.475 e. The van der Waals surface area contributed by atoms with Gasteiger partial charge in [-0.2, -0.15) is 0 Å². The van der Waals surface area contributed by atoms with Crippen molar-refractivity contribution in [3.63, 3.8) is 0 Å². The minimum Gasteiger partial charge on any atom is -0.475 e. The molecule has 1 atom stereocenters. The third kappa shape index (κ3) is 4.41. The van der Waals surface area contributed by atoms with Gasteiger partial charge in [0.15, 0.2) is 5.82 Å². The zero-order valence-corrected chi connectivity index (χ0v) is 18.8. The third-order valence-electron chi connectivity index (χ3n) is 5.34. The van der Waals surface area contributed by atoms with Crippen molar-refractivity contribution in [3.05, 3.63) is 52.5 Å². The van der Waals surface area contributed by atoms with Crippen LogP contribution < -0.4 is 15.0 Å². The summed E-state index contributed by atoms with van der Waals surface area (Å²) in [6.07, 6.45) is 1.76. The van der Waals surface area contributed by atoms with Crippen molar-refractivity contribution in [2.45, 2.75) is 26.7 Å². The number of nitrogens with zero attached hydrogens (tertiary/aromatic N) is 3. The Hall–Kier alpha value is -2.67. The number of benzene rings is 2. The van der Waals surface area contributed by atoms with Gasteiger partial charge >= 0.3 is 0 Å². The summed E-state index contributed by atoms with van der Waals surface area (Å²) in [7, 11) is 0. The summed E-state index contributed by atoms with van der Waals surface area (Å²) in [5.41, 5.74) is 3.51. The molecule has 4 rings (SSSR count). The summed E-state index contributed by atoms with van der Waals surface area (Å²) < 4.78 is 6.80. The fraction of sp³-hybridized carbons (Fsp3) is 0.348. The average molecular weight is 469 g/mol. The molecule has 3 aromatic rings. The lowest BCUT2D eigenvalue weighted by molar-refractivity contribution is -0.120. The molecule has 1 amide bonds. The molecule has 0 spiro atoms. The molecule has 156 valence electrons. The number of para-hydroxylation sites is 2. The van der Waals surface area contributed by atoms with E-state index in [1.165, 1.54) is 0 Å². The first-order valence-corrected chi connectivity index (χ1v) is 11.1. The molecule has 2 aromatic carbocycles. The molecule has 1 N–H and O–H groups in total. The number of piperidine rings is 1. The second-order valence-electron chi connectivity index (χ2n) is 7.51. The number of aromatic nitrogens is 2. The van der Waals surface area contributed by atoms with Gasteiger partial charge in [-0.25, -0.2) is 9.97 Å². The van der Waals surface area contributed by atoms with Gasteiger partial charge in [-0.15, -0.1) is 0 Å². The number of halogens is 1. The average Bonchev–Trinajstić information content (AvgIpc) is 2.75. The number of aryl methyl sites for hydroxylation is 1. The number of carbonyl (C=O) groups excluding carboxylic acids is 1. The maximum atomic E-state index is 13.0. The van der Waals surface area contributed by atoms with Gasteiger partial charge in [-0.1, -0.05) is 28.1 Å². The molecule has 1 aromatic heterocycles. The van der Waals surface area contributed by atoms with Crippen molar-refractivity contribution in [1.82, 2.24) is 9.97 Å². The van der Waals surface area contributed by atoms with Gasteiger partial charge in [0.1, 0.15) is 0 Å². The SMILES string of the molecule is CCOc1nc2ccccc2nc1N1CCC[C@@H](C(=O)Nc2ccc(Br)cc2C)C1. The van der Waals surface area contributed by atoms with Crippen molar-refractivity contribution >= 4 is 44.4 Å². The number of fused-ring (bicyclic) bond motifs is 1. The molecule has 6 nitrogen and oxygen atoms in total. The fourth-order valence-electron chi connectivity index (χ4n) is 3.80. The predicted molar refractivity (Wildman–Crippen MR) is 123 cm³/mol. The maximum absolute atomic E-state index is 13.0. The van der Waals surface area contributed by atoms with Gasteiger partial charge in [-0.3, -0.25) is 4.79 Å². The molecule has 0 bridgehead atoms. The number of nitrogens with one attached hydrogen (secondary N) is 1. The van der Waals surface area contributed by atoms with Crippen LogP contribution in [0.3, 0.4) is 0 Å². The van der Waals surface area contributed by atoms with E-state index in [0.29, 0.717) is 24.8 Å². The first-order chi connectivity index (χ1) is 14.5. The normalized spacial score (nSPS) is 16.5. The zero-order valence-electron chi connectivity index (χ0n) is 17.2. The zero-order chi connectivity index (χ0) is 21.1. The second-order valence-corrected chi connectivity index (χ2v) is 8.42. The minimum atomic E-state index is -0.121. The van der Waals surface area contributed by atoms with Gasteiger partial charge in [0.25, 0.3) is 5.88 Å². The van der Waals surface area contributed by atoms with Crippen LogP contribution in [0.5, 0.6) is 5.88 Å². The van der Waals surface area contributed by atoms with E-state index in [1.807, 2.05) is 56.3 Å². The van der Waals surface area contributed by atoms with E-state index in [2.05, 4.69) is 31.1 Å². The lowest BCUT2D eigenvalue weighted by Gasteiger charge is -2.33. The van der Waals surface area contributed by atoms with Crippen LogP contribution in [0.15, 0.2) is 46.9 Å². The summed E-state index contributed by atoms with van der Waals surface area (Å²) >= 11 is 3.47. The van der Waals surface area contributed by atoms with E-state index in [1.54, 1.807) is 0 Å². The van der Waals surface area contributed by atoms with Crippen molar-refractivity contribution < 1.29 is 9.53 Å². The standard InChI is InChI=1S/C23H25BrN4O2/c1-3-30-23-21(25-19-8-4-5-9-20(19)27-23)28-12-6-7-16(14-28)22(29)26-18-11-10-17(24)13-15(18)2/h4-5,8-11,13,16H,3,6-7,12,14H2,1-2H3,(H,26,29)/t16-/m1/s1. The van der Waals surface area contributed by atoms with Crippen molar-refractivity contribution in [2.24, 2.45) is 5.92 Å². The quantitative estimate of drug-likeness (QED) is 0.573. The van der Waals surface area contributed by atoms with Crippen LogP contribution in [0.4, 0.5) is 11.5 Å². The topological polar surface area (TPSA) is 67.4 Å². The molecular formula is C23H25BrN4O2. The Morgan fingerprint density at radius 1 is 1.23 bits per heavy atom. The molecule has 7 heteroatoms. The van der Waals surface area contributed by atoms with Crippen LogP contribution in [0.25, 0.3) is 11.0 Å². The summed E-state index contributed by atoms with van der Waals surface area (Å²) in [5, 5.41) is 3.09. The number of hydrogen-bond acceptors (Lipinski definition) is 5. The smallest absolute Gasteiger partial charge is 0.258 e. The number of anilines is 2. The Labute approximate surface area is 184 Å². The number of carbonyl (C=O) groups is 1. The van der Waals surface area contributed by atoms with Crippen LogP contribution in [0.2, 0.25) is 0 Å². The van der Waals surface area contributed by atoms with E-state index in [-0.39, 0.29) is 11.8 Å². The van der Waals surface area contributed by atoms with E-state index in [0.717, 1.165) is 46.1 Å². The molecule has 2 heterocycles. The summed E-state index contributed by atoms with van der Waals surface area (Å²) in [6.45, 7) is 5.86. The highest BCUT2D eigenvalue weighted by Crippen LogP contribution is 2.31. The first-order valence-electron chi connectivity index (χ1n) is 10.3. The van der Waals surface area contributed by atoms with Crippen molar-refractivity contribution in [2.75, 3.05) is 29.9 Å². The molecule has 1 aliphatic rings. The molecule has 0 saturated carbocycles. The van der Waals surface area contributed by atoms with Gasteiger partial charge in [-0.05, 0) is 62.6 Å². The summed E-state index contributed by atoms with van der Waals surface area (Å²) in [4.78, 5) is 24.6. The highest BCUT2D eigenvalue weighted by atomic mass is 79.9. The first kappa shape index (κ1) is 20.6. The molecule has 0 radical (unpaired) electrons. The van der Waals surface area contributed by atoms with Crippen LogP contribution >= 0.6 is 15.9 Å². The van der Waals surface area contributed by atoms with Crippen LogP contribution in [0.1, 0.15) is 25.3 Å². The molecule has 1 aliphatic heterocycles. The van der Waals surface area contributed by atoms with E-state index < -0.39 is 0 Å². The van der Waals surface area contributed by atoms with Gasteiger partial charge in [0.2, 0.25) is 5.91 Å². The Bertz CT molecular complexity index is 1070. The predicted octanol–water partition coefficient (Wildman–Crippen LogP) is 4.95. The Kier molecular flexibility index (Phi) is 6.18. The highest BCUT2D eigenvalue weighted by molar-refractivity contribution is 9.10. The number of amides is 1. The van der Waals surface area contributed by atoms with Gasteiger partial charge < -0.3 is 15.0 Å². The van der Waals surface area contributed by atoms with Crippen LogP contribution in [0, 0.1) is 12.8 Å². The van der Waals surface area contributed by atoms with Crippen molar-refractivity contribution in [3.8, 4) is 5.88 Å². The monoisotopic (exact) mass is 468 g/mol. The van der Waals surface area contributed by atoms with Gasteiger partial charge in [0.05, 0.1) is 23.6 Å². The van der Waals surface area contributed by atoms with Gasteiger partial charge in [0, 0.05) is 23.2 Å². The highest BCUT2D eigenvalue weighted by Gasteiger charge is 2.29. The Morgan fingerprint density at radius 2 is 2.00 bits per heavy atom. The molecule has 30 heavy (non-hydrogen) atoms. The lowest BCUT2D eigenvalue weighted by Crippen LogP contribution is -2.41. The second kappa shape index (κ2) is 9.00. The Morgan fingerprint density at radius 3 is 2.73 bits per heavy atom. The molecule has 1 saturated heterocycles. The van der Waals surface area contributed by atoms with E-state index in [9.17, 15) is 4.79 Å². The van der Waals surface area contributed by atoms with Crippen LogP contribution in [-0.2, 0) is 4.79 Å². The fourth-order valence-corrected chi connectivity index (χ4v) is 4.28. The van der Waals surface area contributed by atoms with E-state index in [4.69, 9.17) is 9.72 Å². The molecule has 0 unspecified atom stereocenters. The number of rotatable bonds is 5. The Balaban J connectivity index is 1.56.